The third kappa shape index (κ3) is 4.84. The van der Waals surface area contributed by atoms with Crippen molar-refractivity contribution in [2.24, 2.45) is 0 Å². The molecule has 0 unspecified atom stereocenters. The number of carbonyl (C=O) groups is 1. The van der Waals surface area contributed by atoms with Gasteiger partial charge in [-0.1, -0.05) is 32.0 Å². The number of hydrogen-bond acceptors (Lipinski definition) is 3. The second-order valence-corrected chi connectivity index (χ2v) is 6.60. The van der Waals surface area contributed by atoms with Crippen molar-refractivity contribution in [1.82, 2.24) is 19.8 Å². The van der Waals surface area contributed by atoms with Crippen LogP contribution in [0.15, 0.2) is 61.2 Å². The molecule has 0 bridgehead atoms. The molecule has 0 aliphatic rings. The molecule has 1 amide bonds. The molecule has 1 N–H and O–H groups in total. The molecule has 3 aromatic rings. The summed E-state index contributed by atoms with van der Waals surface area (Å²) in [4.78, 5) is 18.6. The molecule has 0 radical (unpaired) electrons. The molecular weight excluding hydrogens is 355 g/mol. The van der Waals surface area contributed by atoms with Crippen molar-refractivity contribution in [2.45, 2.75) is 26.9 Å². The summed E-state index contributed by atoms with van der Waals surface area (Å²) in [5.41, 5.74) is 2.90. The van der Waals surface area contributed by atoms with Gasteiger partial charge in [0.1, 0.15) is 5.82 Å². The lowest BCUT2D eigenvalue weighted by atomic mass is 10.1. The van der Waals surface area contributed by atoms with E-state index in [2.05, 4.69) is 29.0 Å². The monoisotopic (exact) mass is 380 g/mol. The highest BCUT2D eigenvalue weighted by Crippen LogP contribution is 2.15. The van der Waals surface area contributed by atoms with Gasteiger partial charge >= 0.3 is 0 Å². The van der Waals surface area contributed by atoms with E-state index in [0.29, 0.717) is 16.8 Å². The number of imidazole rings is 1. The lowest BCUT2D eigenvalue weighted by Crippen LogP contribution is -2.23. The maximum absolute atomic E-state index is 14.3. The van der Waals surface area contributed by atoms with Gasteiger partial charge in [0.2, 0.25) is 0 Å². The van der Waals surface area contributed by atoms with Crippen molar-refractivity contribution in [3.05, 3.63) is 83.7 Å². The summed E-state index contributed by atoms with van der Waals surface area (Å²) in [7, 11) is 0. The first-order valence-corrected chi connectivity index (χ1v) is 9.47. The number of rotatable bonds is 8. The molecule has 6 heteroatoms. The topological polar surface area (TPSA) is 50.2 Å². The summed E-state index contributed by atoms with van der Waals surface area (Å²) >= 11 is 0. The smallest absolute Gasteiger partial charge is 0.251 e. The van der Waals surface area contributed by atoms with Gasteiger partial charge in [-0.3, -0.25) is 9.69 Å². The molecule has 5 nitrogen and oxygen atoms in total. The van der Waals surface area contributed by atoms with Gasteiger partial charge in [0.25, 0.3) is 5.91 Å². The number of benzene rings is 2. The van der Waals surface area contributed by atoms with E-state index in [0.717, 1.165) is 19.6 Å². The molecule has 0 atom stereocenters. The number of nitrogens with zero attached hydrogens (tertiary/aromatic N) is 3. The van der Waals surface area contributed by atoms with Crippen molar-refractivity contribution in [3.8, 4) is 5.69 Å². The summed E-state index contributed by atoms with van der Waals surface area (Å²) in [5, 5.41) is 2.84. The fraction of sp³-hybridized carbons (Fsp3) is 0.273. The Morgan fingerprint density at radius 3 is 2.43 bits per heavy atom. The van der Waals surface area contributed by atoms with Crippen molar-refractivity contribution in [2.75, 3.05) is 13.1 Å². The van der Waals surface area contributed by atoms with Crippen LogP contribution >= 0.6 is 0 Å². The predicted molar refractivity (Wildman–Crippen MR) is 108 cm³/mol. The summed E-state index contributed by atoms with van der Waals surface area (Å²) in [6, 6.07) is 12.5. The molecule has 0 aliphatic heterocycles. The summed E-state index contributed by atoms with van der Waals surface area (Å²) < 4.78 is 15.9. The van der Waals surface area contributed by atoms with E-state index in [1.54, 1.807) is 35.4 Å². The number of halogens is 1. The Morgan fingerprint density at radius 1 is 1.11 bits per heavy atom. The van der Waals surface area contributed by atoms with Crippen LogP contribution in [0.5, 0.6) is 0 Å². The Bertz CT molecular complexity index is 903. The minimum atomic E-state index is -0.356. The van der Waals surface area contributed by atoms with Crippen LogP contribution in [0.3, 0.4) is 0 Å². The predicted octanol–water partition coefficient (Wildman–Crippen LogP) is 3.78. The standard InChI is InChI=1S/C22H25FN4O/c1-3-26(4-2)15-17-5-8-19(9-6-17)22(28)25-14-18-7-10-21(20(23)13-18)27-12-11-24-16-27/h5-13,16H,3-4,14-15H2,1-2H3,(H,25,28). The molecule has 0 saturated heterocycles. The molecule has 0 aliphatic carbocycles. The molecular formula is C22H25FN4O. The fourth-order valence-electron chi connectivity index (χ4n) is 3.02. The molecule has 2 aromatic carbocycles. The Hall–Kier alpha value is -2.99. The molecule has 3 rings (SSSR count). The highest BCUT2D eigenvalue weighted by atomic mass is 19.1. The third-order valence-corrected chi connectivity index (χ3v) is 4.76. The minimum Gasteiger partial charge on any atom is -0.348 e. The van der Waals surface area contributed by atoms with Crippen LogP contribution in [0.25, 0.3) is 5.69 Å². The third-order valence-electron chi connectivity index (χ3n) is 4.76. The first kappa shape index (κ1) is 19.8. The van der Waals surface area contributed by atoms with E-state index in [4.69, 9.17) is 0 Å². The van der Waals surface area contributed by atoms with Crippen LogP contribution in [0.4, 0.5) is 4.39 Å². The van der Waals surface area contributed by atoms with E-state index in [9.17, 15) is 9.18 Å². The van der Waals surface area contributed by atoms with Crippen molar-refractivity contribution in [3.63, 3.8) is 0 Å². The average molecular weight is 380 g/mol. The van der Waals surface area contributed by atoms with Gasteiger partial charge in [-0.25, -0.2) is 9.37 Å². The Morgan fingerprint density at radius 2 is 1.82 bits per heavy atom. The second kappa shape index (κ2) is 9.28. The van der Waals surface area contributed by atoms with Gasteiger partial charge in [-0.2, -0.15) is 0 Å². The van der Waals surface area contributed by atoms with Crippen LogP contribution < -0.4 is 5.32 Å². The lowest BCUT2D eigenvalue weighted by molar-refractivity contribution is 0.0951. The summed E-state index contributed by atoms with van der Waals surface area (Å²) in [5.74, 6) is -0.529. The van der Waals surface area contributed by atoms with Gasteiger partial charge in [-0.15, -0.1) is 0 Å². The van der Waals surface area contributed by atoms with Crippen molar-refractivity contribution >= 4 is 5.91 Å². The number of carbonyl (C=O) groups excluding carboxylic acids is 1. The molecule has 0 spiro atoms. The minimum absolute atomic E-state index is 0.173. The molecule has 28 heavy (non-hydrogen) atoms. The van der Waals surface area contributed by atoms with Crippen LogP contribution in [-0.2, 0) is 13.1 Å². The quantitative estimate of drug-likeness (QED) is 0.647. The average Bonchev–Trinajstić information content (AvgIpc) is 3.25. The zero-order valence-corrected chi connectivity index (χ0v) is 16.2. The van der Waals surface area contributed by atoms with Crippen molar-refractivity contribution < 1.29 is 9.18 Å². The number of hydrogen-bond donors (Lipinski definition) is 1. The number of aromatic nitrogens is 2. The van der Waals surface area contributed by atoms with E-state index >= 15 is 0 Å². The number of nitrogens with one attached hydrogen (secondary N) is 1. The zero-order valence-electron chi connectivity index (χ0n) is 16.2. The molecule has 0 saturated carbocycles. The zero-order chi connectivity index (χ0) is 19.9. The Labute approximate surface area is 164 Å². The summed E-state index contributed by atoms with van der Waals surface area (Å²) in [6.45, 7) is 7.40. The van der Waals surface area contributed by atoms with Crippen LogP contribution in [-0.4, -0.2) is 33.4 Å². The first-order chi connectivity index (χ1) is 13.6. The van der Waals surface area contributed by atoms with Crippen LogP contribution in [0.2, 0.25) is 0 Å². The maximum atomic E-state index is 14.3. The Balaban J connectivity index is 1.59. The van der Waals surface area contributed by atoms with E-state index < -0.39 is 0 Å². The molecule has 0 fully saturated rings. The molecule has 1 heterocycles. The van der Waals surface area contributed by atoms with Crippen LogP contribution in [0, 0.1) is 5.82 Å². The molecule has 146 valence electrons. The first-order valence-electron chi connectivity index (χ1n) is 9.47. The number of amides is 1. The van der Waals surface area contributed by atoms with E-state index in [1.165, 1.54) is 11.6 Å². The maximum Gasteiger partial charge on any atom is 0.251 e. The fourth-order valence-corrected chi connectivity index (χ4v) is 3.02. The van der Waals surface area contributed by atoms with E-state index in [-0.39, 0.29) is 18.3 Å². The lowest BCUT2D eigenvalue weighted by Gasteiger charge is -2.18. The van der Waals surface area contributed by atoms with Gasteiger partial charge in [0.15, 0.2) is 0 Å². The van der Waals surface area contributed by atoms with Gasteiger partial charge < -0.3 is 9.88 Å². The largest absolute Gasteiger partial charge is 0.348 e. The second-order valence-electron chi connectivity index (χ2n) is 6.60. The van der Waals surface area contributed by atoms with Crippen LogP contribution in [0.1, 0.15) is 35.3 Å². The van der Waals surface area contributed by atoms with Gasteiger partial charge in [-0.05, 0) is 48.5 Å². The highest BCUT2D eigenvalue weighted by molar-refractivity contribution is 5.94. The highest BCUT2D eigenvalue weighted by Gasteiger charge is 2.09. The Kier molecular flexibility index (Phi) is 6.55. The van der Waals surface area contributed by atoms with Gasteiger partial charge in [0.05, 0.1) is 12.0 Å². The summed E-state index contributed by atoms with van der Waals surface area (Å²) in [6.07, 6.45) is 4.83. The van der Waals surface area contributed by atoms with E-state index in [1.807, 2.05) is 24.3 Å². The SMILES string of the molecule is CCN(CC)Cc1ccc(C(=O)NCc2ccc(-n3ccnc3)c(F)c2)cc1. The van der Waals surface area contributed by atoms with Crippen molar-refractivity contribution in [1.29, 1.82) is 0 Å². The molecule has 1 aromatic heterocycles. The van der Waals surface area contributed by atoms with Gasteiger partial charge in [0, 0.05) is 31.0 Å². The normalized spacial score (nSPS) is 11.0.